The molecule has 0 aliphatic carbocycles. The van der Waals surface area contributed by atoms with Crippen LogP contribution in [0.4, 0.5) is 0 Å². The molecular weight excluding hydrogens is 313 g/mol. The molecule has 0 rings (SSSR count). The molecule has 0 spiro atoms. The zero-order chi connectivity index (χ0) is 12.6. The van der Waals surface area contributed by atoms with Gasteiger partial charge in [-0.25, -0.2) is 0 Å². The van der Waals surface area contributed by atoms with E-state index < -0.39 is 0 Å². The Kier molecular flexibility index (Phi) is 11.3. The lowest BCUT2D eigenvalue weighted by Gasteiger charge is -2.42. The van der Waals surface area contributed by atoms with Gasteiger partial charge in [-0.3, -0.25) is 0 Å². The van der Waals surface area contributed by atoms with Gasteiger partial charge in [0, 0.05) is 16.4 Å². The first-order chi connectivity index (χ1) is 7.62. The molecule has 0 nitrogen and oxygen atoms in total. The average molecular weight is 335 g/mol. The molecule has 0 aromatic rings. The van der Waals surface area contributed by atoms with Crippen LogP contribution in [0.3, 0.4) is 0 Å². The third-order valence-corrected chi connectivity index (χ3v) is 6.45. The van der Waals surface area contributed by atoms with Crippen LogP contribution in [0.2, 0.25) is 0 Å². The summed E-state index contributed by atoms with van der Waals surface area (Å²) in [6.45, 7) is 0. The quantitative estimate of drug-likeness (QED) is 0.343. The van der Waals surface area contributed by atoms with Gasteiger partial charge < -0.3 is 0 Å². The first-order valence-corrected chi connectivity index (χ1v) is 9.03. The molecular formula is C10H22S6. The van der Waals surface area contributed by atoms with Gasteiger partial charge in [0.15, 0.2) is 0 Å². The molecule has 0 aliphatic rings. The van der Waals surface area contributed by atoms with Crippen LogP contribution in [0, 0.1) is 11.3 Å². The molecule has 0 aromatic heterocycles. The second-order valence-electron chi connectivity index (χ2n) is 3.99. The molecule has 0 aromatic carbocycles. The predicted molar refractivity (Wildman–Crippen MR) is 97.2 cm³/mol. The summed E-state index contributed by atoms with van der Waals surface area (Å²) in [5, 5.41) is 0.211. The fourth-order valence-corrected chi connectivity index (χ4v) is 5.00. The standard InChI is InChI=1S/C10H22S6/c11-3-1-2-8(4-12)10(6-14,7-15)9(16)5-13/h8-9,11-16H,1-7H2. The normalized spacial score (nSPS) is 16.1. The van der Waals surface area contributed by atoms with Crippen LogP contribution in [-0.2, 0) is 0 Å². The molecule has 0 radical (unpaired) electrons. The maximum absolute atomic E-state index is 4.66. The van der Waals surface area contributed by atoms with Gasteiger partial charge in [-0.2, -0.15) is 75.8 Å². The van der Waals surface area contributed by atoms with Crippen molar-refractivity contribution in [3.05, 3.63) is 0 Å². The van der Waals surface area contributed by atoms with E-state index in [0.717, 1.165) is 41.6 Å². The summed E-state index contributed by atoms with van der Waals surface area (Å²) >= 11 is 26.8. The van der Waals surface area contributed by atoms with E-state index in [4.69, 9.17) is 0 Å². The van der Waals surface area contributed by atoms with Gasteiger partial charge in [0.05, 0.1) is 0 Å². The van der Waals surface area contributed by atoms with Gasteiger partial charge in [-0.1, -0.05) is 0 Å². The maximum Gasteiger partial charge on any atom is 0.0180 e. The number of rotatable bonds is 9. The number of hydrogen-bond acceptors (Lipinski definition) is 6. The van der Waals surface area contributed by atoms with Crippen LogP contribution in [0.15, 0.2) is 0 Å². The summed E-state index contributed by atoms with van der Waals surface area (Å²) in [7, 11) is 0. The van der Waals surface area contributed by atoms with Gasteiger partial charge in [0.1, 0.15) is 0 Å². The fraction of sp³-hybridized carbons (Fsp3) is 1.00. The summed E-state index contributed by atoms with van der Waals surface area (Å²) < 4.78 is 0. The molecule has 0 saturated carbocycles. The van der Waals surface area contributed by atoms with Crippen molar-refractivity contribution in [1.82, 2.24) is 0 Å². The molecule has 0 amide bonds. The zero-order valence-corrected chi connectivity index (χ0v) is 14.7. The third kappa shape index (κ3) is 4.65. The maximum atomic E-state index is 4.66. The second-order valence-corrected chi connectivity index (χ2v) is 6.43. The topological polar surface area (TPSA) is 0 Å². The Hall–Kier alpha value is 2.10. The van der Waals surface area contributed by atoms with E-state index in [1.807, 2.05) is 0 Å². The number of hydrogen-bond donors (Lipinski definition) is 6. The molecule has 0 bridgehead atoms. The van der Waals surface area contributed by atoms with Crippen molar-refractivity contribution >= 4 is 75.8 Å². The first kappa shape index (κ1) is 18.1. The minimum absolute atomic E-state index is 0.0157. The minimum Gasteiger partial charge on any atom is -0.179 e. The second kappa shape index (κ2) is 9.96. The van der Waals surface area contributed by atoms with Crippen LogP contribution < -0.4 is 0 Å². The number of thiol groups is 6. The Balaban J connectivity index is 4.81. The van der Waals surface area contributed by atoms with E-state index in [1.54, 1.807) is 0 Å². The molecule has 0 fully saturated rings. The van der Waals surface area contributed by atoms with Gasteiger partial charge in [0.25, 0.3) is 0 Å². The first-order valence-electron chi connectivity index (χ1n) is 5.35. The van der Waals surface area contributed by atoms with Gasteiger partial charge in [-0.05, 0) is 41.8 Å². The predicted octanol–water partition coefficient (Wildman–Crippen LogP) is 3.32. The smallest absolute Gasteiger partial charge is 0.0180 e. The fourth-order valence-electron chi connectivity index (χ4n) is 1.87. The van der Waals surface area contributed by atoms with E-state index in [9.17, 15) is 0 Å². The summed E-state index contributed by atoms with van der Waals surface area (Å²) in [6.07, 6.45) is 2.21. The Labute approximate surface area is 133 Å². The molecule has 0 saturated heterocycles. The van der Waals surface area contributed by atoms with Crippen molar-refractivity contribution in [3.8, 4) is 0 Å². The van der Waals surface area contributed by atoms with Crippen molar-refractivity contribution in [2.45, 2.75) is 18.1 Å². The van der Waals surface area contributed by atoms with Gasteiger partial charge in [0.2, 0.25) is 0 Å². The highest BCUT2D eigenvalue weighted by Crippen LogP contribution is 2.41. The summed E-state index contributed by atoms with van der Waals surface area (Å²) in [5.74, 6) is 4.55. The highest BCUT2D eigenvalue weighted by atomic mass is 32.1. The summed E-state index contributed by atoms with van der Waals surface area (Å²) in [5.41, 5.74) is 0.0157. The van der Waals surface area contributed by atoms with E-state index in [-0.39, 0.29) is 10.7 Å². The SMILES string of the molecule is SCCCC(CS)C(CS)(CS)C(S)CS. The van der Waals surface area contributed by atoms with Gasteiger partial charge in [-0.15, -0.1) is 0 Å². The van der Waals surface area contributed by atoms with Crippen molar-refractivity contribution in [2.24, 2.45) is 11.3 Å². The molecule has 0 N–H and O–H groups in total. The Bertz CT molecular complexity index is 171. The lowest BCUT2D eigenvalue weighted by Crippen LogP contribution is -2.45. The molecule has 0 heterocycles. The van der Waals surface area contributed by atoms with Crippen LogP contribution in [-0.4, -0.2) is 34.0 Å². The molecule has 0 aliphatic heterocycles. The lowest BCUT2D eigenvalue weighted by atomic mass is 9.74. The van der Waals surface area contributed by atoms with Crippen LogP contribution in [0.5, 0.6) is 0 Å². The summed E-state index contributed by atoms with van der Waals surface area (Å²) in [6, 6.07) is 0. The monoisotopic (exact) mass is 334 g/mol. The minimum atomic E-state index is 0.0157. The highest BCUT2D eigenvalue weighted by molar-refractivity contribution is 7.85. The van der Waals surface area contributed by atoms with Crippen molar-refractivity contribution in [2.75, 3.05) is 28.8 Å². The summed E-state index contributed by atoms with van der Waals surface area (Å²) in [4.78, 5) is 0. The lowest BCUT2D eigenvalue weighted by molar-refractivity contribution is 0.240. The molecule has 98 valence electrons. The highest BCUT2D eigenvalue weighted by Gasteiger charge is 2.40. The van der Waals surface area contributed by atoms with Crippen LogP contribution in [0.25, 0.3) is 0 Å². The molecule has 2 atom stereocenters. The third-order valence-electron chi connectivity index (χ3n) is 3.17. The van der Waals surface area contributed by atoms with Crippen LogP contribution >= 0.6 is 75.8 Å². The van der Waals surface area contributed by atoms with Crippen LogP contribution in [0.1, 0.15) is 12.8 Å². The van der Waals surface area contributed by atoms with Crippen molar-refractivity contribution < 1.29 is 0 Å². The molecule has 2 unspecified atom stereocenters. The van der Waals surface area contributed by atoms with E-state index in [2.05, 4.69) is 75.8 Å². The molecule has 16 heavy (non-hydrogen) atoms. The van der Waals surface area contributed by atoms with Gasteiger partial charge >= 0.3 is 0 Å². The van der Waals surface area contributed by atoms with Crippen molar-refractivity contribution in [1.29, 1.82) is 0 Å². The Morgan fingerprint density at radius 1 is 0.875 bits per heavy atom. The van der Waals surface area contributed by atoms with E-state index in [0.29, 0.717) is 5.92 Å². The van der Waals surface area contributed by atoms with Crippen molar-refractivity contribution in [3.63, 3.8) is 0 Å². The van der Waals surface area contributed by atoms with E-state index in [1.165, 1.54) is 0 Å². The Morgan fingerprint density at radius 2 is 1.44 bits per heavy atom. The average Bonchev–Trinajstić information content (AvgIpc) is 2.34. The Morgan fingerprint density at radius 3 is 1.75 bits per heavy atom. The van der Waals surface area contributed by atoms with E-state index >= 15 is 0 Å². The largest absolute Gasteiger partial charge is 0.179 e. The molecule has 6 heteroatoms. The zero-order valence-electron chi connectivity index (χ0n) is 9.29.